The fraction of sp³-hybridized carbons (Fsp3) is 0.348. The molecule has 0 spiro atoms. The number of aryl methyl sites for hydroxylation is 2. The third-order valence-corrected chi connectivity index (χ3v) is 5.77. The van der Waals surface area contributed by atoms with Gasteiger partial charge in [0.05, 0.1) is 11.1 Å². The molecule has 2 aromatic carbocycles. The highest BCUT2D eigenvalue weighted by Crippen LogP contribution is 2.24. The quantitative estimate of drug-likeness (QED) is 0.752. The van der Waals surface area contributed by atoms with Crippen molar-refractivity contribution in [1.29, 1.82) is 0 Å². The number of hydrogen-bond donors (Lipinski definition) is 0. The Morgan fingerprint density at radius 1 is 0.897 bits per heavy atom. The summed E-state index contributed by atoms with van der Waals surface area (Å²) in [5, 5.41) is 0. The maximum absolute atomic E-state index is 12.7. The van der Waals surface area contributed by atoms with Crippen LogP contribution in [0.25, 0.3) is 0 Å². The van der Waals surface area contributed by atoms with Gasteiger partial charge in [-0.05, 0) is 43.2 Å². The van der Waals surface area contributed by atoms with Crippen molar-refractivity contribution < 1.29 is 14.4 Å². The van der Waals surface area contributed by atoms with E-state index in [1.54, 1.807) is 24.3 Å². The largest absolute Gasteiger partial charge is 0.368 e. The molecular weight excluding hydrogens is 366 g/mol. The van der Waals surface area contributed by atoms with Crippen LogP contribution < -0.4 is 4.90 Å². The molecule has 2 aromatic rings. The van der Waals surface area contributed by atoms with Crippen molar-refractivity contribution in [1.82, 2.24) is 9.80 Å². The second-order valence-corrected chi connectivity index (χ2v) is 7.72. The Morgan fingerprint density at radius 3 is 2.14 bits per heavy atom. The molecule has 2 aliphatic heterocycles. The summed E-state index contributed by atoms with van der Waals surface area (Å²) >= 11 is 0. The number of hydrogen-bond acceptors (Lipinski definition) is 4. The number of rotatable bonds is 4. The zero-order valence-corrected chi connectivity index (χ0v) is 16.9. The molecule has 2 heterocycles. The van der Waals surface area contributed by atoms with E-state index in [-0.39, 0.29) is 30.7 Å². The normalized spacial score (nSPS) is 16.4. The molecule has 6 nitrogen and oxygen atoms in total. The van der Waals surface area contributed by atoms with Crippen LogP contribution >= 0.6 is 0 Å². The van der Waals surface area contributed by atoms with E-state index in [4.69, 9.17) is 0 Å². The summed E-state index contributed by atoms with van der Waals surface area (Å²) < 4.78 is 0. The second kappa shape index (κ2) is 7.70. The summed E-state index contributed by atoms with van der Waals surface area (Å²) in [6, 6.07) is 13.2. The van der Waals surface area contributed by atoms with Gasteiger partial charge in [0, 0.05) is 44.8 Å². The summed E-state index contributed by atoms with van der Waals surface area (Å²) in [4.78, 5) is 42.9. The molecule has 29 heavy (non-hydrogen) atoms. The molecule has 0 aromatic heterocycles. The highest BCUT2D eigenvalue weighted by atomic mass is 16.2. The Morgan fingerprint density at radius 2 is 1.52 bits per heavy atom. The van der Waals surface area contributed by atoms with Crippen LogP contribution in [0, 0.1) is 13.8 Å². The van der Waals surface area contributed by atoms with Crippen molar-refractivity contribution in [3.8, 4) is 0 Å². The standard InChI is InChI=1S/C23H25N3O3/c1-16-7-8-17(2)20(15-16)24-11-13-25(14-12-24)21(27)9-10-26-22(28)18-5-3-4-6-19(18)23(26)29/h3-8,15H,9-14H2,1-2H3. The van der Waals surface area contributed by atoms with Crippen LogP contribution in [-0.4, -0.2) is 60.2 Å². The molecule has 4 rings (SSSR count). The highest BCUT2D eigenvalue weighted by Gasteiger charge is 2.35. The summed E-state index contributed by atoms with van der Waals surface area (Å²) in [5.41, 5.74) is 4.54. The highest BCUT2D eigenvalue weighted by molar-refractivity contribution is 6.21. The van der Waals surface area contributed by atoms with Gasteiger partial charge in [-0.2, -0.15) is 0 Å². The number of amides is 3. The number of piperazine rings is 1. The Balaban J connectivity index is 1.32. The lowest BCUT2D eigenvalue weighted by molar-refractivity contribution is -0.131. The van der Waals surface area contributed by atoms with E-state index in [9.17, 15) is 14.4 Å². The average Bonchev–Trinajstić information content (AvgIpc) is 2.98. The monoisotopic (exact) mass is 391 g/mol. The topological polar surface area (TPSA) is 60.9 Å². The van der Waals surface area contributed by atoms with Crippen molar-refractivity contribution in [2.45, 2.75) is 20.3 Å². The van der Waals surface area contributed by atoms with Crippen molar-refractivity contribution in [2.24, 2.45) is 0 Å². The molecule has 0 atom stereocenters. The van der Waals surface area contributed by atoms with Crippen molar-refractivity contribution >= 4 is 23.4 Å². The van der Waals surface area contributed by atoms with Gasteiger partial charge >= 0.3 is 0 Å². The lowest BCUT2D eigenvalue weighted by atomic mass is 10.1. The van der Waals surface area contributed by atoms with E-state index in [2.05, 4.69) is 36.9 Å². The maximum Gasteiger partial charge on any atom is 0.261 e. The van der Waals surface area contributed by atoms with Gasteiger partial charge in [-0.3, -0.25) is 19.3 Å². The van der Waals surface area contributed by atoms with Gasteiger partial charge in [-0.25, -0.2) is 0 Å². The summed E-state index contributed by atoms with van der Waals surface area (Å²) in [6.45, 7) is 7.17. The van der Waals surface area contributed by atoms with Crippen LogP contribution in [0.2, 0.25) is 0 Å². The predicted octanol–water partition coefficient (Wildman–Crippen LogP) is 2.64. The fourth-order valence-electron chi connectivity index (χ4n) is 4.06. The predicted molar refractivity (Wildman–Crippen MR) is 111 cm³/mol. The number of carbonyl (C=O) groups is 3. The Bertz CT molecular complexity index is 942. The summed E-state index contributed by atoms with van der Waals surface area (Å²) in [7, 11) is 0. The molecular formula is C23H25N3O3. The third kappa shape index (κ3) is 3.62. The van der Waals surface area contributed by atoms with Gasteiger partial charge in [0.15, 0.2) is 0 Å². The van der Waals surface area contributed by atoms with Crippen LogP contribution in [0.3, 0.4) is 0 Å². The maximum atomic E-state index is 12.7. The van der Waals surface area contributed by atoms with Gasteiger partial charge in [0.25, 0.3) is 11.8 Å². The van der Waals surface area contributed by atoms with E-state index >= 15 is 0 Å². The van der Waals surface area contributed by atoms with Crippen LogP contribution in [0.1, 0.15) is 38.3 Å². The first-order valence-corrected chi connectivity index (χ1v) is 10.0. The number of anilines is 1. The van der Waals surface area contributed by atoms with E-state index < -0.39 is 0 Å². The Kier molecular flexibility index (Phi) is 5.09. The molecule has 0 aliphatic carbocycles. The van der Waals surface area contributed by atoms with Gasteiger partial charge in [-0.15, -0.1) is 0 Å². The van der Waals surface area contributed by atoms with Crippen LogP contribution in [0.15, 0.2) is 42.5 Å². The molecule has 0 N–H and O–H groups in total. The summed E-state index contributed by atoms with van der Waals surface area (Å²) in [5.74, 6) is -0.626. The minimum atomic E-state index is -0.307. The van der Waals surface area contributed by atoms with Gasteiger partial charge in [-0.1, -0.05) is 24.3 Å². The smallest absolute Gasteiger partial charge is 0.261 e. The number of carbonyl (C=O) groups excluding carboxylic acids is 3. The Hall–Kier alpha value is -3.15. The lowest BCUT2D eigenvalue weighted by Crippen LogP contribution is -2.49. The van der Waals surface area contributed by atoms with Crippen LogP contribution in [0.4, 0.5) is 5.69 Å². The van der Waals surface area contributed by atoms with Gasteiger partial charge in [0.2, 0.25) is 5.91 Å². The first-order chi connectivity index (χ1) is 14.0. The first kappa shape index (κ1) is 19.2. The number of fused-ring (bicyclic) bond motifs is 1. The molecule has 2 aliphatic rings. The molecule has 0 bridgehead atoms. The number of nitrogens with zero attached hydrogens (tertiary/aromatic N) is 3. The number of imide groups is 1. The first-order valence-electron chi connectivity index (χ1n) is 10.0. The molecule has 150 valence electrons. The lowest BCUT2D eigenvalue weighted by Gasteiger charge is -2.37. The molecule has 3 amide bonds. The molecule has 1 fully saturated rings. The summed E-state index contributed by atoms with van der Waals surface area (Å²) in [6.07, 6.45) is 0.162. The van der Waals surface area contributed by atoms with E-state index in [0.29, 0.717) is 24.2 Å². The van der Waals surface area contributed by atoms with E-state index in [1.165, 1.54) is 21.7 Å². The zero-order valence-electron chi connectivity index (χ0n) is 16.9. The van der Waals surface area contributed by atoms with Gasteiger partial charge in [0.1, 0.15) is 0 Å². The van der Waals surface area contributed by atoms with Crippen molar-refractivity contribution in [3.05, 3.63) is 64.7 Å². The van der Waals surface area contributed by atoms with Gasteiger partial charge < -0.3 is 9.80 Å². The molecule has 0 unspecified atom stereocenters. The SMILES string of the molecule is Cc1ccc(C)c(N2CCN(C(=O)CCN3C(=O)c4ccccc4C3=O)CC2)c1. The fourth-order valence-corrected chi connectivity index (χ4v) is 4.06. The zero-order chi connectivity index (χ0) is 20.5. The van der Waals surface area contributed by atoms with E-state index in [0.717, 1.165) is 13.1 Å². The second-order valence-electron chi connectivity index (χ2n) is 7.72. The van der Waals surface area contributed by atoms with Crippen LogP contribution in [-0.2, 0) is 4.79 Å². The average molecular weight is 391 g/mol. The van der Waals surface area contributed by atoms with E-state index in [1.807, 2.05) is 4.90 Å². The van der Waals surface area contributed by atoms with Crippen LogP contribution in [0.5, 0.6) is 0 Å². The number of benzene rings is 2. The molecule has 6 heteroatoms. The van der Waals surface area contributed by atoms with Crippen molar-refractivity contribution in [3.63, 3.8) is 0 Å². The molecule has 0 saturated carbocycles. The Labute approximate surface area is 170 Å². The molecule has 0 radical (unpaired) electrons. The van der Waals surface area contributed by atoms with Crippen molar-refractivity contribution in [2.75, 3.05) is 37.6 Å². The third-order valence-electron chi connectivity index (χ3n) is 5.77. The molecule has 1 saturated heterocycles. The minimum Gasteiger partial charge on any atom is -0.368 e. The minimum absolute atomic E-state index is 0.0119.